The highest BCUT2D eigenvalue weighted by Gasteiger charge is 2.10. The summed E-state index contributed by atoms with van der Waals surface area (Å²) >= 11 is 0. The average Bonchev–Trinajstić information content (AvgIpc) is 3.42. The van der Waals surface area contributed by atoms with Gasteiger partial charge in [0.1, 0.15) is 5.76 Å². The lowest BCUT2D eigenvalue weighted by Gasteiger charge is -2.25. The molecule has 31 heavy (non-hydrogen) atoms. The van der Waals surface area contributed by atoms with Gasteiger partial charge in [-0.3, -0.25) is 9.89 Å². The van der Waals surface area contributed by atoms with E-state index in [9.17, 15) is 0 Å². The van der Waals surface area contributed by atoms with Crippen LogP contribution in [-0.2, 0) is 17.6 Å². The molecule has 0 atom stereocenters. The molecule has 3 N–H and O–H groups in total. The van der Waals surface area contributed by atoms with Gasteiger partial charge in [0.2, 0.25) is 0 Å². The summed E-state index contributed by atoms with van der Waals surface area (Å²) in [5.74, 6) is 1.84. The van der Waals surface area contributed by atoms with E-state index in [0.29, 0.717) is 0 Å². The monoisotopic (exact) mass is 423 g/mol. The molecule has 0 saturated carbocycles. The molecule has 7 nitrogen and oxygen atoms in total. The largest absolute Gasteiger partial charge is 0.469 e. The number of hydrogen-bond donors (Lipinski definition) is 3. The van der Waals surface area contributed by atoms with Gasteiger partial charge in [0, 0.05) is 55.7 Å². The lowest BCUT2D eigenvalue weighted by atomic mass is 10.1. The van der Waals surface area contributed by atoms with Gasteiger partial charge >= 0.3 is 0 Å². The molecule has 3 heterocycles. The molecule has 4 rings (SSSR count). The fourth-order valence-corrected chi connectivity index (χ4v) is 4.02. The molecule has 0 amide bonds. The summed E-state index contributed by atoms with van der Waals surface area (Å²) in [5, 5.41) is 8.28. The Labute approximate surface area is 183 Å². The molecule has 1 aliphatic heterocycles. The summed E-state index contributed by atoms with van der Waals surface area (Å²) in [5.41, 5.74) is 3.80. The van der Waals surface area contributed by atoms with Crippen molar-refractivity contribution in [2.45, 2.75) is 19.8 Å². The number of H-pyrrole nitrogens is 1. The van der Waals surface area contributed by atoms with Crippen LogP contribution in [0.4, 0.5) is 0 Å². The van der Waals surface area contributed by atoms with Gasteiger partial charge in [-0.1, -0.05) is 18.2 Å². The lowest BCUT2D eigenvalue weighted by Crippen LogP contribution is -2.41. The van der Waals surface area contributed by atoms with Crippen LogP contribution in [0.3, 0.4) is 0 Å². The number of nitrogens with one attached hydrogen (secondary N) is 3. The smallest absolute Gasteiger partial charge is 0.191 e. The topological polar surface area (TPSA) is 77.8 Å². The number of aromatic amines is 1. The first kappa shape index (κ1) is 21.5. The van der Waals surface area contributed by atoms with Gasteiger partial charge in [-0.2, -0.15) is 0 Å². The summed E-state index contributed by atoms with van der Waals surface area (Å²) in [6.45, 7) is 9.09. The second kappa shape index (κ2) is 11.0. The molecule has 3 aromatic rings. The summed E-state index contributed by atoms with van der Waals surface area (Å²) in [7, 11) is 0. The number of guanidine groups is 1. The third-order valence-corrected chi connectivity index (χ3v) is 5.73. The Hall–Kier alpha value is -2.77. The summed E-state index contributed by atoms with van der Waals surface area (Å²) < 4.78 is 10.9. The van der Waals surface area contributed by atoms with Crippen molar-refractivity contribution in [3.63, 3.8) is 0 Å². The SMILES string of the molecule is Cc1[nH]c2ccccc2c1CCNC(=NCCN1CCOCC1)NCCc1ccco1. The van der Waals surface area contributed by atoms with E-state index < -0.39 is 0 Å². The van der Waals surface area contributed by atoms with Gasteiger partial charge < -0.3 is 24.8 Å². The molecule has 1 saturated heterocycles. The third kappa shape index (κ3) is 6.12. The Bertz CT molecular complexity index is 958. The van der Waals surface area contributed by atoms with Crippen LogP contribution in [0, 0.1) is 6.92 Å². The summed E-state index contributed by atoms with van der Waals surface area (Å²) in [6, 6.07) is 12.4. The van der Waals surface area contributed by atoms with E-state index in [1.807, 2.05) is 12.1 Å². The van der Waals surface area contributed by atoms with Crippen molar-refractivity contribution in [1.29, 1.82) is 0 Å². The Morgan fingerprint density at radius 2 is 1.87 bits per heavy atom. The van der Waals surface area contributed by atoms with Crippen molar-refractivity contribution in [2.24, 2.45) is 4.99 Å². The highest BCUT2D eigenvalue weighted by molar-refractivity contribution is 5.84. The number of hydrogen-bond acceptors (Lipinski definition) is 4. The summed E-state index contributed by atoms with van der Waals surface area (Å²) in [6.07, 6.45) is 3.49. The number of para-hydroxylation sites is 1. The van der Waals surface area contributed by atoms with Crippen molar-refractivity contribution in [1.82, 2.24) is 20.5 Å². The van der Waals surface area contributed by atoms with Crippen molar-refractivity contribution < 1.29 is 9.15 Å². The first-order valence-electron chi connectivity index (χ1n) is 11.2. The van der Waals surface area contributed by atoms with Crippen LogP contribution >= 0.6 is 0 Å². The maximum absolute atomic E-state index is 5.44. The van der Waals surface area contributed by atoms with Gasteiger partial charge in [-0.25, -0.2) is 0 Å². The van der Waals surface area contributed by atoms with Gasteiger partial charge in [0.25, 0.3) is 0 Å². The Kier molecular flexibility index (Phi) is 7.63. The fourth-order valence-electron chi connectivity index (χ4n) is 4.02. The predicted molar refractivity (Wildman–Crippen MR) is 125 cm³/mol. The Morgan fingerprint density at radius 3 is 2.68 bits per heavy atom. The van der Waals surface area contributed by atoms with E-state index in [1.165, 1.54) is 22.2 Å². The maximum atomic E-state index is 5.44. The molecule has 0 radical (unpaired) electrons. The third-order valence-electron chi connectivity index (χ3n) is 5.73. The minimum absolute atomic E-state index is 0.766. The maximum Gasteiger partial charge on any atom is 0.191 e. The quantitative estimate of drug-likeness (QED) is 0.364. The number of aromatic nitrogens is 1. The van der Waals surface area contributed by atoms with Crippen LogP contribution in [0.25, 0.3) is 10.9 Å². The molecule has 2 aromatic heterocycles. The van der Waals surface area contributed by atoms with Crippen LogP contribution in [0.1, 0.15) is 17.0 Å². The van der Waals surface area contributed by atoms with Gasteiger partial charge in [0.05, 0.1) is 26.0 Å². The van der Waals surface area contributed by atoms with Crippen LogP contribution < -0.4 is 10.6 Å². The zero-order valence-corrected chi connectivity index (χ0v) is 18.3. The van der Waals surface area contributed by atoms with Gasteiger partial charge in [0.15, 0.2) is 5.96 Å². The molecule has 1 aliphatic rings. The second-order valence-corrected chi connectivity index (χ2v) is 7.89. The van der Waals surface area contributed by atoms with Crippen molar-refractivity contribution >= 4 is 16.9 Å². The standard InChI is InChI=1S/C24H33N5O2/c1-19-21(22-6-2-3-7-23(22)28-19)9-11-26-24(25-10-8-20-5-4-16-31-20)27-12-13-29-14-17-30-18-15-29/h2-7,16,28H,8-15,17-18H2,1H3,(H2,25,26,27). The van der Waals surface area contributed by atoms with E-state index in [-0.39, 0.29) is 0 Å². The van der Waals surface area contributed by atoms with Gasteiger partial charge in [-0.05, 0) is 37.1 Å². The van der Waals surface area contributed by atoms with E-state index >= 15 is 0 Å². The first-order chi connectivity index (χ1) is 15.3. The van der Waals surface area contributed by atoms with Crippen LogP contribution in [0.5, 0.6) is 0 Å². The molecule has 0 unspecified atom stereocenters. The molecule has 1 aromatic carbocycles. The second-order valence-electron chi connectivity index (χ2n) is 7.89. The number of benzene rings is 1. The molecule has 7 heteroatoms. The number of aryl methyl sites for hydroxylation is 1. The number of nitrogens with zero attached hydrogens (tertiary/aromatic N) is 2. The number of rotatable bonds is 9. The van der Waals surface area contributed by atoms with Crippen LogP contribution in [0.15, 0.2) is 52.1 Å². The predicted octanol–water partition coefficient (Wildman–Crippen LogP) is 2.72. The molecule has 166 valence electrons. The lowest BCUT2D eigenvalue weighted by molar-refractivity contribution is 0.0394. The van der Waals surface area contributed by atoms with Crippen LogP contribution in [0.2, 0.25) is 0 Å². The average molecular weight is 424 g/mol. The summed E-state index contributed by atoms with van der Waals surface area (Å²) in [4.78, 5) is 10.7. The van der Waals surface area contributed by atoms with E-state index in [0.717, 1.165) is 77.0 Å². The number of ether oxygens (including phenoxy) is 1. The zero-order chi connectivity index (χ0) is 21.3. The number of fused-ring (bicyclic) bond motifs is 1. The minimum atomic E-state index is 0.766. The Balaban J connectivity index is 1.32. The molecular formula is C24H33N5O2. The number of aliphatic imine (C=N–C) groups is 1. The zero-order valence-electron chi connectivity index (χ0n) is 18.3. The Morgan fingerprint density at radius 1 is 1.06 bits per heavy atom. The van der Waals surface area contributed by atoms with E-state index in [1.54, 1.807) is 6.26 Å². The van der Waals surface area contributed by atoms with Crippen molar-refractivity contribution in [3.05, 3.63) is 59.7 Å². The normalized spacial score (nSPS) is 15.5. The van der Waals surface area contributed by atoms with E-state index in [2.05, 4.69) is 51.7 Å². The first-order valence-corrected chi connectivity index (χ1v) is 11.2. The van der Waals surface area contributed by atoms with Crippen molar-refractivity contribution in [3.8, 4) is 0 Å². The molecule has 1 fully saturated rings. The highest BCUT2D eigenvalue weighted by atomic mass is 16.5. The minimum Gasteiger partial charge on any atom is -0.469 e. The molecular weight excluding hydrogens is 390 g/mol. The van der Waals surface area contributed by atoms with E-state index in [4.69, 9.17) is 14.1 Å². The van der Waals surface area contributed by atoms with Gasteiger partial charge in [-0.15, -0.1) is 0 Å². The molecule has 0 aliphatic carbocycles. The number of morpholine rings is 1. The van der Waals surface area contributed by atoms with Crippen LogP contribution in [-0.4, -0.2) is 68.3 Å². The molecule has 0 spiro atoms. The molecule has 0 bridgehead atoms. The van der Waals surface area contributed by atoms with Crippen molar-refractivity contribution in [2.75, 3.05) is 52.5 Å². The number of furan rings is 1. The fraction of sp³-hybridized carbons (Fsp3) is 0.458. The highest BCUT2D eigenvalue weighted by Crippen LogP contribution is 2.21.